The standard InChI is InChI=1S/C31H39N3O4/c1-30(2,3)38-29(36)34(6)27(28(35)33-22-31(4,5)24-12-8-7-9-13-24)20-23-15-17-26(18-16-23)37-21-25-14-10-11-19-32-25/h7-19,27H,20-22H2,1-6H3,(H,33,35). The van der Waals surface area contributed by atoms with E-state index in [4.69, 9.17) is 9.47 Å². The van der Waals surface area contributed by atoms with Crippen LogP contribution in [0.15, 0.2) is 79.0 Å². The third kappa shape index (κ3) is 8.61. The molecule has 0 fully saturated rings. The summed E-state index contributed by atoms with van der Waals surface area (Å²) in [7, 11) is 1.60. The molecule has 1 atom stereocenters. The Morgan fingerprint density at radius 3 is 2.18 bits per heavy atom. The van der Waals surface area contributed by atoms with Crippen LogP contribution in [0.2, 0.25) is 0 Å². The van der Waals surface area contributed by atoms with E-state index in [2.05, 4.69) is 24.1 Å². The van der Waals surface area contributed by atoms with Crippen molar-refractivity contribution in [2.45, 2.75) is 64.7 Å². The fraction of sp³-hybridized carbons (Fsp3) is 0.387. The number of carbonyl (C=O) groups excluding carboxylic acids is 2. The zero-order valence-electron chi connectivity index (χ0n) is 23.2. The number of nitrogens with one attached hydrogen (secondary N) is 1. The summed E-state index contributed by atoms with van der Waals surface area (Å²) in [6, 6.07) is 22.5. The highest BCUT2D eigenvalue weighted by Gasteiger charge is 2.32. The van der Waals surface area contributed by atoms with Gasteiger partial charge in [0.05, 0.1) is 5.69 Å². The van der Waals surface area contributed by atoms with Gasteiger partial charge in [-0.25, -0.2) is 4.79 Å². The number of carbonyl (C=O) groups is 2. The first-order valence-corrected chi connectivity index (χ1v) is 12.9. The molecule has 0 aliphatic carbocycles. The van der Waals surface area contributed by atoms with Crippen LogP contribution >= 0.6 is 0 Å². The molecular formula is C31H39N3O4. The van der Waals surface area contributed by atoms with Gasteiger partial charge in [-0.05, 0) is 56.2 Å². The smallest absolute Gasteiger partial charge is 0.410 e. The van der Waals surface area contributed by atoms with Crippen LogP contribution in [-0.4, -0.2) is 47.1 Å². The summed E-state index contributed by atoms with van der Waals surface area (Å²) in [4.78, 5) is 32.0. The predicted molar refractivity (Wildman–Crippen MR) is 149 cm³/mol. The van der Waals surface area contributed by atoms with Gasteiger partial charge in [0.25, 0.3) is 0 Å². The number of hydrogen-bond acceptors (Lipinski definition) is 5. The first-order chi connectivity index (χ1) is 17.9. The molecule has 38 heavy (non-hydrogen) atoms. The maximum Gasteiger partial charge on any atom is 0.410 e. The van der Waals surface area contributed by atoms with Crippen LogP contribution in [0.4, 0.5) is 4.79 Å². The Bertz CT molecular complexity index is 1170. The van der Waals surface area contributed by atoms with Crippen LogP contribution in [0.25, 0.3) is 0 Å². The number of ether oxygens (including phenoxy) is 2. The van der Waals surface area contributed by atoms with E-state index in [0.717, 1.165) is 16.8 Å². The summed E-state index contributed by atoms with van der Waals surface area (Å²) >= 11 is 0. The van der Waals surface area contributed by atoms with Crippen LogP contribution < -0.4 is 10.1 Å². The molecule has 202 valence electrons. The van der Waals surface area contributed by atoms with Crippen LogP contribution in [-0.2, 0) is 28.0 Å². The minimum Gasteiger partial charge on any atom is -0.487 e. The van der Waals surface area contributed by atoms with Gasteiger partial charge in [0, 0.05) is 31.6 Å². The van der Waals surface area contributed by atoms with Crippen LogP contribution in [0, 0.1) is 0 Å². The first-order valence-electron chi connectivity index (χ1n) is 12.9. The predicted octanol–water partition coefficient (Wildman–Crippen LogP) is 5.53. The Morgan fingerprint density at radius 2 is 1.58 bits per heavy atom. The Balaban J connectivity index is 1.71. The van der Waals surface area contributed by atoms with E-state index in [1.807, 2.05) is 72.8 Å². The van der Waals surface area contributed by atoms with E-state index in [0.29, 0.717) is 25.3 Å². The monoisotopic (exact) mass is 517 g/mol. The lowest BCUT2D eigenvalue weighted by molar-refractivity contribution is -0.126. The molecule has 3 rings (SSSR count). The zero-order chi connectivity index (χ0) is 27.8. The lowest BCUT2D eigenvalue weighted by Gasteiger charge is -2.32. The zero-order valence-corrected chi connectivity index (χ0v) is 23.2. The van der Waals surface area contributed by atoms with Gasteiger partial charge in [-0.2, -0.15) is 0 Å². The normalized spacial score (nSPS) is 12.4. The van der Waals surface area contributed by atoms with Gasteiger partial charge < -0.3 is 14.8 Å². The highest BCUT2D eigenvalue weighted by Crippen LogP contribution is 2.22. The number of likely N-dealkylation sites (N-methyl/N-ethyl adjacent to an activating group) is 1. The van der Waals surface area contributed by atoms with Gasteiger partial charge in [-0.3, -0.25) is 14.7 Å². The fourth-order valence-electron chi connectivity index (χ4n) is 3.87. The molecule has 0 saturated carbocycles. The van der Waals surface area contributed by atoms with Crippen LogP contribution in [0.5, 0.6) is 5.75 Å². The molecule has 0 spiro atoms. The van der Waals surface area contributed by atoms with Gasteiger partial charge in [-0.1, -0.05) is 62.4 Å². The first kappa shape index (κ1) is 28.7. The second-order valence-corrected chi connectivity index (χ2v) is 11.0. The van der Waals surface area contributed by atoms with Gasteiger partial charge in [0.2, 0.25) is 5.91 Å². The molecule has 0 aliphatic heterocycles. The van der Waals surface area contributed by atoms with Crippen molar-refractivity contribution in [3.63, 3.8) is 0 Å². The largest absolute Gasteiger partial charge is 0.487 e. The second kappa shape index (κ2) is 12.6. The molecule has 1 N–H and O–H groups in total. The third-order valence-electron chi connectivity index (χ3n) is 6.18. The van der Waals surface area contributed by atoms with Crippen molar-refractivity contribution in [2.75, 3.05) is 13.6 Å². The topological polar surface area (TPSA) is 80.8 Å². The van der Waals surface area contributed by atoms with Crippen molar-refractivity contribution in [3.8, 4) is 5.75 Å². The van der Waals surface area contributed by atoms with Gasteiger partial charge >= 0.3 is 6.09 Å². The number of benzene rings is 2. The highest BCUT2D eigenvalue weighted by atomic mass is 16.6. The average molecular weight is 518 g/mol. The Hall–Kier alpha value is -3.87. The maximum absolute atomic E-state index is 13.5. The Morgan fingerprint density at radius 1 is 0.921 bits per heavy atom. The third-order valence-corrected chi connectivity index (χ3v) is 6.18. The number of rotatable bonds is 10. The lowest BCUT2D eigenvalue weighted by Crippen LogP contribution is -2.52. The van der Waals surface area contributed by atoms with Crippen LogP contribution in [0.3, 0.4) is 0 Å². The second-order valence-electron chi connectivity index (χ2n) is 11.0. The summed E-state index contributed by atoms with van der Waals surface area (Å²) in [5, 5.41) is 3.07. The minimum atomic E-state index is -0.753. The number of nitrogens with zero attached hydrogens (tertiary/aromatic N) is 2. The molecule has 0 radical (unpaired) electrons. The molecular weight excluding hydrogens is 478 g/mol. The number of aromatic nitrogens is 1. The summed E-state index contributed by atoms with van der Waals surface area (Å²) in [6.45, 7) is 10.4. The molecule has 7 heteroatoms. The molecule has 2 aromatic carbocycles. The van der Waals surface area contributed by atoms with Crippen molar-refractivity contribution in [1.82, 2.24) is 15.2 Å². The molecule has 0 saturated heterocycles. The summed E-state index contributed by atoms with van der Waals surface area (Å²) < 4.78 is 11.4. The summed E-state index contributed by atoms with van der Waals surface area (Å²) in [5.41, 5.74) is 1.91. The number of hydrogen-bond donors (Lipinski definition) is 1. The van der Waals surface area contributed by atoms with E-state index in [9.17, 15) is 9.59 Å². The molecule has 7 nitrogen and oxygen atoms in total. The molecule has 2 amide bonds. The Labute approximate surface area is 226 Å². The average Bonchev–Trinajstić information content (AvgIpc) is 2.89. The molecule has 1 unspecified atom stereocenters. The quantitative estimate of drug-likeness (QED) is 0.382. The van der Waals surface area contributed by atoms with E-state index < -0.39 is 17.7 Å². The maximum atomic E-state index is 13.5. The molecule has 3 aromatic rings. The molecule has 0 bridgehead atoms. The van der Waals surface area contributed by atoms with Gasteiger partial charge in [0.1, 0.15) is 24.0 Å². The van der Waals surface area contributed by atoms with Gasteiger partial charge in [0.15, 0.2) is 0 Å². The van der Waals surface area contributed by atoms with E-state index >= 15 is 0 Å². The molecule has 0 aliphatic rings. The SMILES string of the molecule is CN(C(=O)OC(C)(C)C)C(Cc1ccc(OCc2ccccn2)cc1)C(=O)NCC(C)(C)c1ccccc1. The van der Waals surface area contributed by atoms with Gasteiger partial charge in [-0.15, -0.1) is 0 Å². The van der Waals surface area contributed by atoms with Crippen LogP contribution in [0.1, 0.15) is 51.4 Å². The van der Waals surface area contributed by atoms with E-state index in [1.165, 1.54) is 4.90 Å². The minimum absolute atomic E-state index is 0.238. The van der Waals surface area contributed by atoms with E-state index in [-0.39, 0.29) is 11.3 Å². The lowest BCUT2D eigenvalue weighted by atomic mass is 9.84. The van der Waals surface area contributed by atoms with E-state index in [1.54, 1.807) is 34.0 Å². The Kier molecular flexibility index (Phi) is 9.50. The van der Waals surface area contributed by atoms with Crippen molar-refractivity contribution in [1.29, 1.82) is 0 Å². The van der Waals surface area contributed by atoms with Crippen molar-refractivity contribution in [3.05, 3.63) is 95.8 Å². The van der Waals surface area contributed by atoms with Crippen molar-refractivity contribution >= 4 is 12.0 Å². The fourth-order valence-corrected chi connectivity index (χ4v) is 3.87. The summed E-state index contributed by atoms with van der Waals surface area (Å²) in [6.07, 6.45) is 1.51. The number of pyridine rings is 1. The number of amides is 2. The highest BCUT2D eigenvalue weighted by molar-refractivity contribution is 5.86. The summed E-state index contributed by atoms with van der Waals surface area (Å²) in [5.74, 6) is 0.461. The molecule has 1 heterocycles. The van der Waals surface area contributed by atoms with Crippen molar-refractivity contribution in [2.24, 2.45) is 0 Å². The van der Waals surface area contributed by atoms with Crippen molar-refractivity contribution < 1.29 is 19.1 Å². The molecule has 1 aromatic heterocycles.